The Labute approximate surface area is 149 Å². The zero-order chi connectivity index (χ0) is 17.6. The molecule has 0 aromatic carbocycles. The van der Waals surface area contributed by atoms with Crippen LogP contribution < -0.4 is 10.6 Å². The average Bonchev–Trinajstić information content (AvgIpc) is 2.59. The zero-order valence-electron chi connectivity index (χ0n) is 16.3. The third-order valence-corrected chi connectivity index (χ3v) is 4.70. The molecular weight excluding hydrogens is 302 g/mol. The van der Waals surface area contributed by atoms with Crippen molar-refractivity contribution in [3.8, 4) is 0 Å². The first-order chi connectivity index (χ1) is 11.7. The van der Waals surface area contributed by atoms with E-state index in [1.165, 1.54) is 38.9 Å². The molecule has 0 radical (unpaired) electrons. The van der Waals surface area contributed by atoms with Gasteiger partial charge >= 0.3 is 0 Å². The van der Waals surface area contributed by atoms with Gasteiger partial charge in [0.15, 0.2) is 5.96 Å². The SMILES string of the molecule is CCCN1CCC(CNC(=NC)NCCN(C)CCCOC)CC1. The molecule has 1 heterocycles. The molecule has 1 saturated heterocycles. The van der Waals surface area contributed by atoms with E-state index in [2.05, 4.69) is 39.4 Å². The van der Waals surface area contributed by atoms with Crippen molar-refractivity contribution in [3.63, 3.8) is 0 Å². The van der Waals surface area contributed by atoms with Crippen molar-refractivity contribution < 1.29 is 4.74 Å². The molecule has 0 unspecified atom stereocenters. The van der Waals surface area contributed by atoms with Gasteiger partial charge in [-0.25, -0.2) is 0 Å². The van der Waals surface area contributed by atoms with Crippen LogP contribution in [0.2, 0.25) is 0 Å². The van der Waals surface area contributed by atoms with Gasteiger partial charge < -0.3 is 25.2 Å². The highest BCUT2D eigenvalue weighted by Gasteiger charge is 2.18. The molecule has 0 spiro atoms. The number of ether oxygens (including phenoxy) is 1. The maximum Gasteiger partial charge on any atom is 0.191 e. The van der Waals surface area contributed by atoms with Crippen LogP contribution in [0.5, 0.6) is 0 Å². The second-order valence-corrected chi connectivity index (χ2v) is 6.81. The fourth-order valence-electron chi connectivity index (χ4n) is 3.15. The quantitative estimate of drug-likeness (QED) is 0.336. The third kappa shape index (κ3) is 9.45. The van der Waals surface area contributed by atoms with Gasteiger partial charge in [-0.3, -0.25) is 4.99 Å². The number of nitrogens with one attached hydrogen (secondary N) is 2. The molecule has 24 heavy (non-hydrogen) atoms. The highest BCUT2D eigenvalue weighted by atomic mass is 16.5. The van der Waals surface area contributed by atoms with E-state index in [1.54, 1.807) is 7.11 Å². The first kappa shape index (κ1) is 21.2. The van der Waals surface area contributed by atoms with E-state index in [1.807, 2.05) is 7.05 Å². The lowest BCUT2D eigenvalue weighted by Crippen LogP contribution is -2.44. The smallest absolute Gasteiger partial charge is 0.191 e. The van der Waals surface area contributed by atoms with Crippen molar-refractivity contribution in [2.75, 3.05) is 73.6 Å². The second-order valence-electron chi connectivity index (χ2n) is 6.81. The van der Waals surface area contributed by atoms with E-state index in [-0.39, 0.29) is 0 Å². The van der Waals surface area contributed by atoms with Crippen LogP contribution in [0.3, 0.4) is 0 Å². The Morgan fingerprint density at radius 3 is 2.62 bits per heavy atom. The van der Waals surface area contributed by atoms with Gasteiger partial charge in [0.2, 0.25) is 0 Å². The number of guanidine groups is 1. The predicted molar refractivity (Wildman–Crippen MR) is 103 cm³/mol. The first-order valence-electron chi connectivity index (χ1n) is 9.54. The lowest BCUT2D eigenvalue weighted by atomic mass is 9.97. The topological polar surface area (TPSA) is 52.1 Å². The van der Waals surface area contributed by atoms with Gasteiger partial charge in [-0.1, -0.05) is 6.92 Å². The highest BCUT2D eigenvalue weighted by molar-refractivity contribution is 5.79. The number of methoxy groups -OCH3 is 1. The van der Waals surface area contributed by atoms with Crippen LogP contribution in [0.4, 0.5) is 0 Å². The third-order valence-electron chi connectivity index (χ3n) is 4.70. The van der Waals surface area contributed by atoms with E-state index in [0.29, 0.717) is 0 Å². The minimum absolute atomic E-state index is 0.772. The van der Waals surface area contributed by atoms with Crippen molar-refractivity contribution in [1.29, 1.82) is 0 Å². The summed E-state index contributed by atoms with van der Waals surface area (Å²) in [7, 11) is 5.75. The van der Waals surface area contributed by atoms with Gasteiger partial charge in [0.05, 0.1) is 0 Å². The van der Waals surface area contributed by atoms with E-state index in [0.717, 1.165) is 51.1 Å². The maximum absolute atomic E-state index is 5.09. The summed E-state index contributed by atoms with van der Waals surface area (Å²) >= 11 is 0. The van der Waals surface area contributed by atoms with Crippen LogP contribution in [0.1, 0.15) is 32.6 Å². The number of hydrogen-bond donors (Lipinski definition) is 2. The molecule has 1 aliphatic heterocycles. The number of nitrogens with zero attached hydrogens (tertiary/aromatic N) is 3. The number of likely N-dealkylation sites (N-methyl/N-ethyl adjacent to an activating group) is 1. The summed E-state index contributed by atoms with van der Waals surface area (Å²) in [5.41, 5.74) is 0. The van der Waals surface area contributed by atoms with Crippen molar-refractivity contribution in [1.82, 2.24) is 20.4 Å². The minimum Gasteiger partial charge on any atom is -0.385 e. The molecular formula is C18H39N5O. The molecule has 0 saturated carbocycles. The molecule has 0 atom stereocenters. The van der Waals surface area contributed by atoms with Crippen LogP contribution in [-0.4, -0.2) is 89.4 Å². The Morgan fingerprint density at radius 1 is 1.25 bits per heavy atom. The standard InChI is InChI=1S/C18H39N5O/c1-5-10-23-12-7-17(8-13-23)16-21-18(19-2)20-9-14-22(3)11-6-15-24-4/h17H,5-16H2,1-4H3,(H2,19,20,21). The minimum atomic E-state index is 0.772. The first-order valence-corrected chi connectivity index (χ1v) is 9.54. The summed E-state index contributed by atoms with van der Waals surface area (Å²) in [6.07, 6.45) is 4.94. The number of hydrogen-bond acceptors (Lipinski definition) is 4. The molecule has 6 nitrogen and oxygen atoms in total. The average molecular weight is 342 g/mol. The molecule has 0 amide bonds. The normalized spacial score (nSPS) is 17.5. The Morgan fingerprint density at radius 2 is 2.00 bits per heavy atom. The molecule has 0 aromatic rings. The van der Waals surface area contributed by atoms with E-state index in [9.17, 15) is 0 Å². The van der Waals surface area contributed by atoms with E-state index >= 15 is 0 Å². The molecule has 142 valence electrons. The maximum atomic E-state index is 5.09. The Kier molecular flexibility index (Phi) is 11.9. The number of aliphatic imine (C=N–C) groups is 1. The van der Waals surface area contributed by atoms with Gasteiger partial charge in [-0.2, -0.15) is 0 Å². The van der Waals surface area contributed by atoms with Gasteiger partial charge in [0.25, 0.3) is 0 Å². The molecule has 0 bridgehead atoms. The van der Waals surface area contributed by atoms with Gasteiger partial charge in [0.1, 0.15) is 0 Å². The molecule has 1 rings (SSSR count). The van der Waals surface area contributed by atoms with Crippen LogP contribution in [0, 0.1) is 5.92 Å². The highest BCUT2D eigenvalue weighted by Crippen LogP contribution is 2.16. The van der Waals surface area contributed by atoms with Crippen molar-refractivity contribution in [2.24, 2.45) is 10.9 Å². The fraction of sp³-hybridized carbons (Fsp3) is 0.944. The Bertz CT molecular complexity index is 329. The number of piperidine rings is 1. The summed E-state index contributed by atoms with van der Waals surface area (Å²) in [6, 6.07) is 0. The van der Waals surface area contributed by atoms with Crippen LogP contribution in [0.25, 0.3) is 0 Å². The summed E-state index contributed by atoms with van der Waals surface area (Å²) in [5.74, 6) is 1.70. The van der Waals surface area contributed by atoms with Crippen molar-refractivity contribution in [2.45, 2.75) is 32.6 Å². The molecule has 1 fully saturated rings. The van der Waals surface area contributed by atoms with Gasteiger partial charge in [-0.05, 0) is 58.3 Å². The summed E-state index contributed by atoms with van der Waals surface area (Å²) in [6.45, 7) is 10.9. The lowest BCUT2D eigenvalue weighted by Gasteiger charge is -2.32. The van der Waals surface area contributed by atoms with Crippen molar-refractivity contribution in [3.05, 3.63) is 0 Å². The lowest BCUT2D eigenvalue weighted by molar-refractivity contribution is 0.180. The Balaban J connectivity index is 2.10. The Hall–Kier alpha value is -0.850. The number of rotatable bonds is 11. The van der Waals surface area contributed by atoms with Crippen LogP contribution in [0.15, 0.2) is 4.99 Å². The molecule has 6 heteroatoms. The second kappa shape index (κ2) is 13.4. The molecule has 2 N–H and O–H groups in total. The molecule has 1 aliphatic rings. The summed E-state index contributed by atoms with van der Waals surface area (Å²) in [4.78, 5) is 9.24. The summed E-state index contributed by atoms with van der Waals surface area (Å²) < 4.78 is 5.09. The van der Waals surface area contributed by atoms with Crippen LogP contribution >= 0.6 is 0 Å². The van der Waals surface area contributed by atoms with Gasteiger partial charge in [-0.15, -0.1) is 0 Å². The van der Waals surface area contributed by atoms with Crippen molar-refractivity contribution >= 4 is 5.96 Å². The molecule has 0 aliphatic carbocycles. The predicted octanol–water partition coefficient (Wildman–Crippen LogP) is 1.24. The largest absolute Gasteiger partial charge is 0.385 e. The summed E-state index contributed by atoms with van der Waals surface area (Å²) in [5, 5.41) is 6.91. The zero-order valence-corrected chi connectivity index (χ0v) is 16.3. The number of likely N-dealkylation sites (tertiary alicyclic amines) is 1. The van der Waals surface area contributed by atoms with E-state index in [4.69, 9.17) is 4.74 Å². The monoisotopic (exact) mass is 341 g/mol. The fourth-order valence-corrected chi connectivity index (χ4v) is 3.15. The van der Waals surface area contributed by atoms with E-state index < -0.39 is 0 Å². The van der Waals surface area contributed by atoms with Gasteiger partial charge in [0, 0.05) is 46.9 Å². The van der Waals surface area contributed by atoms with Crippen LogP contribution in [-0.2, 0) is 4.74 Å². The molecule has 0 aromatic heterocycles.